The number of hydrogen-bond donors (Lipinski definition) is 0. The molecule has 0 aliphatic carbocycles. The van der Waals surface area contributed by atoms with Gasteiger partial charge in [0, 0.05) is 23.9 Å². The zero-order chi connectivity index (χ0) is 17.9. The lowest BCUT2D eigenvalue weighted by Gasteiger charge is -2.12. The van der Waals surface area contributed by atoms with Crippen LogP contribution in [0.15, 0.2) is 27.4 Å². The van der Waals surface area contributed by atoms with Crippen LogP contribution in [0.3, 0.4) is 0 Å². The largest absolute Gasteiger partial charge is 0.469 e. The summed E-state index contributed by atoms with van der Waals surface area (Å²) in [6, 6.07) is 4.57. The molecule has 0 fully saturated rings. The SMILES string of the molecule is COC(=O)CCc1cc2c(C)cc(=O)oc2cc1OC(=O)C(C)Cl. The first-order valence-corrected chi connectivity index (χ1v) is 7.75. The summed E-state index contributed by atoms with van der Waals surface area (Å²) in [5.74, 6) is -0.808. The van der Waals surface area contributed by atoms with Crippen molar-refractivity contribution in [2.45, 2.75) is 32.1 Å². The average molecular weight is 353 g/mol. The van der Waals surface area contributed by atoms with Gasteiger partial charge in [-0.2, -0.15) is 0 Å². The van der Waals surface area contributed by atoms with E-state index in [1.165, 1.54) is 26.2 Å². The van der Waals surface area contributed by atoms with Crippen LogP contribution >= 0.6 is 11.6 Å². The Kier molecular flexibility index (Phi) is 5.62. The lowest BCUT2D eigenvalue weighted by atomic mass is 10.0. The van der Waals surface area contributed by atoms with Crippen LogP contribution in [0, 0.1) is 6.92 Å². The molecular formula is C17H17ClO6. The predicted octanol–water partition coefficient (Wildman–Crippen LogP) is 2.74. The molecule has 1 aromatic carbocycles. The summed E-state index contributed by atoms with van der Waals surface area (Å²) in [5.41, 5.74) is 1.15. The summed E-state index contributed by atoms with van der Waals surface area (Å²) in [6.45, 7) is 3.26. The topological polar surface area (TPSA) is 82.8 Å². The number of halogens is 1. The number of hydrogen-bond acceptors (Lipinski definition) is 6. The minimum absolute atomic E-state index is 0.124. The normalized spacial score (nSPS) is 12.0. The van der Waals surface area contributed by atoms with Gasteiger partial charge in [0.05, 0.1) is 7.11 Å². The first-order valence-electron chi connectivity index (χ1n) is 7.31. The molecule has 0 amide bonds. The number of alkyl halides is 1. The van der Waals surface area contributed by atoms with Crippen molar-refractivity contribution in [2.75, 3.05) is 7.11 Å². The monoisotopic (exact) mass is 352 g/mol. The second kappa shape index (κ2) is 7.49. The van der Waals surface area contributed by atoms with Crippen LogP contribution in [0.4, 0.5) is 0 Å². The second-order valence-corrected chi connectivity index (χ2v) is 5.97. The van der Waals surface area contributed by atoms with Crippen molar-refractivity contribution in [3.8, 4) is 5.75 Å². The number of benzene rings is 1. The van der Waals surface area contributed by atoms with E-state index in [9.17, 15) is 14.4 Å². The van der Waals surface area contributed by atoms with Gasteiger partial charge in [-0.25, -0.2) is 4.79 Å². The smallest absolute Gasteiger partial charge is 0.336 e. The summed E-state index contributed by atoms with van der Waals surface area (Å²) in [6.07, 6.45) is 0.430. The van der Waals surface area contributed by atoms with Crippen molar-refractivity contribution in [3.63, 3.8) is 0 Å². The van der Waals surface area contributed by atoms with E-state index in [0.717, 1.165) is 5.56 Å². The van der Waals surface area contributed by atoms with E-state index in [2.05, 4.69) is 4.74 Å². The Bertz CT molecular complexity index is 837. The molecule has 0 N–H and O–H groups in total. The zero-order valence-corrected chi connectivity index (χ0v) is 14.3. The highest BCUT2D eigenvalue weighted by Crippen LogP contribution is 2.29. The molecule has 0 bridgehead atoms. The third-order valence-electron chi connectivity index (χ3n) is 3.49. The molecule has 0 aliphatic rings. The van der Waals surface area contributed by atoms with Gasteiger partial charge < -0.3 is 13.9 Å². The molecule has 1 atom stereocenters. The van der Waals surface area contributed by atoms with Gasteiger partial charge in [0.2, 0.25) is 0 Å². The van der Waals surface area contributed by atoms with Crippen LogP contribution in [-0.2, 0) is 20.7 Å². The molecule has 0 radical (unpaired) electrons. The zero-order valence-electron chi connectivity index (χ0n) is 13.6. The first-order chi connectivity index (χ1) is 11.3. The minimum Gasteiger partial charge on any atom is -0.469 e. The number of rotatable bonds is 5. The van der Waals surface area contributed by atoms with Crippen LogP contribution in [0.25, 0.3) is 11.0 Å². The fourth-order valence-corrected chi connectivity index (χ4v) is 2.25. The van der Waals surface area contributed by atoms with Crippen molar-refractivity contribution < 1.29 is 23.5 Å². The number of methoxy groups -OCH3 is 1. The third kappa shape index (κ3) is 4.14. The number of fused-ring (bicyclic) bond motifs is 1. The molecular weight excluding hydrogens is 336 g/mol. The van der Waals surface area contributed by atoms with Crippen molar-refractivity contribution in [1.82, 2.24) is 0 Å². The van der Waals surface area contributed by atoms with Crippen molar-refractivity contribution in [2.24, 2.45) is 0 Å². The Labute approximate surface area is 143 Å². The molecule has 0 aliphatic heterocycles. The van der Waals surface area contributed by atoms with E-state index < -0.39 is 17.0 Å². The van der Waals surface area contributed by atoms with E-state index >= 15 is 0 Å². The van der Waals surface area contributed by atoms with Gasteiger partial charge >= 0.3 is 17.6 Å². The lowest BCUT2D eigenvalue weighted by Crippen LogP contribution is -2.18. The fourth-order valence-electron chi connectivity index (χ4n) is 2.21. The maximum absolute atomic E-state index is 11.8. The molecule has 24 heavy (non-hydrogen) atoms. The Balaban J connectivity index is 2.51. The molecule has 7 heteroatoms. The maximum atomic E-state index is 11.8. The first kappa shape index (κ1) is 18.0. The fraction of sp³-hybridized carbons (Fsp3) is 0.353. The van der Waals surface area contributed by atoms with Gasteiger partial charge in [-0.05, 0) is 37.5 Å². The van der Waals surface area contributed by atoms with Crippen molar-refractivity contribution in [1.29, 1.82) is 0 Å². The minimum atomic E-state index is -0.835. The second-order valence-electron chi connectivity index (χ2n) is 5.32. The number of esters is 2. The highest BCUT2D eigenvalue weighted by Gasteiger charge is 2.17. The van der Waals surface area contributed by atoms with E-state index in [-0.39, 0.29) is 18.1 Å². The van der Waals surface area contributed by atoms with Gasteiger partial charge in [0.1, 0.15) is 16.7 Å². The van der Waals surface area contributed by atoms with Gasteiger partial charge in [-0.15, -0.1) is 11.6 Å². The Morgan fingerprint density at radius 2 is 2.00 bits per heavy atom. The van der Waals surface area contributed by atoms with Gasteiger partial charge in [0.15, 0.2) is 0 Å². The number of ether oxygens (including phenoxy) is 2. The van der Waals surface area contributed by atoms with Gasteiger partial charge in [-0.3, -0.25) is 9.59 Å². The van der Waals surface area contributed by atoms with E-state index in [1.807, 2.05) is 0 Å². The molecule has 1 unspecified atom stereocenters. The van der Waals surface area contributed by atoms with E-state index in [1.54, 1.807) is 13.0 Å². The molecule has 1 aromatic heterocycles. The molecule has 0 saturated carbocycles. The third-order valence-corrected chi connectivity index (χ3v) is 3.67. The summed E-state index contributed by atoms with van der Waals surface area (Å²) in [4.78, 5) is 34.7. The molecule has 6 nitrogen and oxygen atoms in total. The summed E-state index contributed by atoms with van der Waals surface area (Å²) >= 11 is 5.73. The Morgan fingerprint density at radius 1 is 1.29 bits per heavy atom. The molecule has 2 rings (SSSR count). The highest BCUT2D eigenvalue weighted by atomic mass is 35.5. The Hall–Kier alpha value is -2.34. The quantitative estimate of drug-likeness (QED) is 0.356. The number of carbonyl (C=O) groups is 2. The summed E-state index contributed by atoms with van der Waals surface area (Å²) < 4.78 is 15.1. The Morgan fingerprint density at radius 3 is 2.62 bits per heavy atom. The van der Waals surface area contributed by atoms with Gasteiger partial charge in [0.25, 0.3) is 0 Å². The lowest BCUT2D eigenvalue weighted by molar-refractivity contribution is -0.140. The van der Waals surface area contributed by atoms with Crippen LogP contribution in [0.5, 0.6) is 5.75 Å². The predicted molar refractivity (Wildman–Crippen MR) is 88.5 cm³/mol. The van der Waals surface area contributed by atoms with Gasteiger partial charge in [-0.1, -0.05) is 0 Å². The molecule has 1 heterocycles. The number of carbonyl (C=O) groups excluding carboxylic acids is 2. The molecule has 128 valence electrons. The molecule has 2 aromatic rings. The van der Waals surface area contributed by atoms with Crippen LogP contribution in [0.1, 0.15) is 24.5 Å². The summed E-state index contributed by atoms with van der Waals surface area (Å²) in [7, 11) is 1.30. The summed E-state index contributed by atoms with van der Waals surface area (Å²) in [5, 5.41) is -0.133. The van der Waals surface area contributed by atoms with Crippen molar-refractivity contribution in [3.05, 3.63) is 39.7 Å². The van der Waals surface area contributed by atoms with Crippen LogP contribution in [-0.4, -0.2) is 24.4 Å². The average Bonchev–Trinajstić information content (AvgIpc) is 2.52. The highest BCUT2D eigenvalue weighted by molar-refractivity contribution is 6.29. The molecule has 0 saturated heterocycles. The van der Waals surface area contributed by atoms with Crippen LogP contribution < -0.4 is 10.4 Å². The number of aryl methyl sites for hydroxylation is 2. The maximum Gasteiger partial charge on any atom is 0.336 e. The van der Waals surface area contributed by atoms with Crippen molar-refractivity contribution >= 4 is 34.5 Å². The van der Waals surface area contributed by atoms with Crippen LogP contribution in [0.2, 0.25) is 0 Å². The standard InChI is InChI=1S/C17H17ClO6/c1-9-6-16(20)23-14-8-13(24-17(21)10(2)18)11(7-12(9)14)4-5-15(19)22-3/h6-8,10H,4-5H2,1-3H3. The van der Waals surface area contributed by atoms with E-state index in [0.29, 0.717) is 23.0 Å². The molecule has 0 spiro atoms. The van der Waals surface area contributed by atoms with E-state index in [4.69, 9.17) is 20.8 Å².